The van der Waals surface area contributed by atoms with Gasteiger partial charge in [0.15, 0.2) is 0 Å². The van der Waals surface area contributed by atoms with Crippen LogP contribution < -0.4 is 5.32 Å². The molecule has 1 aliphatic rings. The third-order valence-electron chi connectivity index (χ3n) is 3.57. The SMILES string of the molecule is CC(=C1SC(=S)NC1=O)c1cccc(Cc2ccccc2)c1. The summed E-state index contributed by atoms with van der Waals surface area (Å²) in [5, 5.41) is 2.67. The van der Waals surface area contributed by atoms with E-state index in [2.05, 4.69) is 29.6 Å². The van der Waals surface area contributed by atoms with E-state index >= 15 is 0 Å². The van der Waals surface area contributed by atoms with Gasteiger partial charge >= 0.3 is 0 Å². The molecular weight excluding hydrogens is 310 g/mol. The average molecular weight is 325 g/mol. The quantitative estimate of drug-likeness (QED) is 0.679. The van der Waals surface area contributed by atoms with E-state index in [9.17, 15) is 4.79 Å². The van der Waals surface area contributed by atoms with Crippen molar-refractivity contribution >= 4 is 39.8 Å². The van der Waals surface area contributed by atoms with Crippen LogP contribution in [-0.4, -0.2) is 10.2 Å². The van der Waals surface area contributed by atoms with Gasteiger partial charge in [0, 0.05) is 0 Å². The van der Waals surface area contributed by atoms with E-state index in [-0.39, 0.29) is 5.91 Å². The Balaban J connectivity index is 1.90. The molecule has 22 heavy (non-hydrogen) atoms. The van der Waals surface area contributed by atoms with E-state index in [1.54, 1.807) is 0 Å². The van der Waals surface area contributed by atoms with Crippen molar-refractivity contribution in [2.45, 2.75) is 13.3 Å². The van der Waals surface area contributed by atoms with Crippen molar-refractivity contribution in [1.29, 1.82) is 0 Å². The van der Waals surface area contributed by atoms with Crippen LogP contribution in [0.5, 0.6) is 0 Å². The summed E-state index contributed by atoms with van der Waals surface area (Å²) in [5.74, 6) is -0.0963. The molecule has 1 aliphatic heterocycles. The summed E-state index contributed by atoms with van der Waals surface area (Å²) in [7, 11) is 0. The number of hydrogen-bond acceptors (Lipinski definition) is 3. The number of thioether (sulfide) groups is 1. The molecule has 0 aromatic heterocycles. The maximum atomic E-state index is 11.9. The molecule has 110 valence electrons. The van der Waals surface area contributed by atoms with Crippen molar-refractivity contribution in [3.8, 4) is 0 Å². The number of amides is 1. The van der Waals surface area contributed by atoms with Gasteiger partial charge in [-0.15, -0.1) is 0 Å². The smallest absolute Gasteiger partial charge is 0.263 e. The van der Waals surface area contributed by atoms with Gasteiger partial charge in [-0.1, -0.05) is 78.6 Å². The minimum atomic E-state index is -0.0963. The van der Waals surface area contributed by atoms with Crippen LogP contribution in [0.4, 0.5) is 0 Å². The van der Waals surface area contributed by atoms with Gasteiger partial charge in [-0.2, -0.15) is 0 Å². The van der Waals surface area contributed by atoms with E-state index in [0.29, 0.717) is 9.23 Å². The average Bonchev–Trinajstić information content (AvgIpc) is 2.86. The van der Waals surface area contributed by atoms with Gasteiger partial charge < -0.3 is 5.32 Å². The Hall–Kier alpha value is -1.91. The van der Waals surface area contributed by atoms with Crippen LogP contribution in [0.3, 0.4) is 0 Å². The van der Waals surface area contributed by atoms with Gasteiger partial charge in [0.25, 0.3) is 5.91 Å². The number of carbonyl (C=O) groups excluding carboxylic acids is 1. The number of nitrogens with one attached hydrogen (secondary N) is 1. The number of thiocarbonyl (C=S) groups is 1. The van der Waals surface area contributed by atoms with E-state index in [0.717, 1.165) is 17.6 Å². The van der Waals surface area contributed by atoms with Gasteiger partial charge in [-0.25, -0.2) is 0 Å². The highest BCUT2D eigenvalue weighted by molar-refractivity contribution is 8.26. The fraction of sp³-hybridized carbons (Fsp3) is 0.111. The molecule has 2 aromatic rings. The lowest BCUT2D eigenvalue weighted by atomic mass is 9.99. The van der Waals surface area contributed by atoms with Crippen LogP contribution in [0, 0.1) is 0 Å². The van der Waals surface area contributed by atoms with Crippen LogP contribution in [0.25, 0.3) is 5.57 Å². The Morgan fingerprint density at radius 2 is 1.82 bits per heavy atom. The topological polar surface area (TPSA) is 29.1 Å². The second-order valence-electron chi connectivity index (χ2n) is 5.16. The summed E-state index contributed by atoms with van der Waals surface area (Å²) in [5.41, 5.74) is 4.54. The first kappa shape index (κ1) is 15.0. The summed E-state index contributed by atoms with van der Waals surface area (Å²) in [6.07, 6.45) is 0.884. The Bertz CT molecular complexity index is 766. The molecule has 3 rings (SSSR count). The fourth-order valence-corrected chi connectivity index (χ4v) is 3.52. The van der Waals surface area contributed by atoms with Gasteiger partial charge in [0.2, 0.25) is 0 Å². The summed E-state index contributed by atoms with van der Waals surface area (Å²) >= 11 is 6.39. The monoisotopic (exact) mass is 325 g/mol. The van der Waals surface area contributed by atoms with Crippen LogP contribution in [-0.2, 0) is 11.2 Å². The Kier molecular flexibility index (Phi) is 4.41. The highest BCUT2D eigenvalue weighted by atomic mass is 32.2. The lowest BCUT2D eigenvalue weighted by Gasteiger charge is -2.07. The number of benzene rings is 2. The van der Waals surface area contributed by atoms with Crippen LogP contribution in [0.1, 0.15) is 23.6 Å². The van der Waals surface area contributed by atoms with Crippen molar-refractivity contribution in [2.75, 3.05) is 0 Å². The van der Waals surface area contributed by atoms with Crippen molar-refractivity contribution in [2.24, 2.45) is 0 Å². The van der Waals surface area contributed by atoms with E-state index in [1.165, 1.54) is 22.9 Å². The highest BCUT2D eigenvalue weighted by Crippen LogP contribution is 2.32. The van der Waals surface area contributed by atoms with Crippen LogP contribution in [0.2, 0.25) is 0 Å². The highest BCUT2D eigenvalue weighted by Gasteiger charge is 2.24. The maximum absolute atomic E-state index is 11.9. The predicted molar refractivity (Wildman–Crippen MR) is 96.6 cm³/mol. The lowest BCUT2D eigenvalue weighted by Crippen LogP contribution is -2.18. The Morgan fingerprint density at radius 3 is 2.50 bits per heavy atom. The molecule has 4 heteroatoms. The summed E-state index contributed by atoms with van der Waals surface area (Å²) in [4.78, 5) is 12.6. The molecule has 0 saturated carbocycles. The third-order valence-corrected chi connectivity index (χ3v) is 4.90. The van der Waals surface area contributed by atoms with E-state index in [1.807, 2.05) is 37.3 Å². The van der Waals surface area contributed by atoms with Gasteiger partial charge in [0.1, 0.15) is 4.32 Å². The summed E-state index contributed by atoms with van der Waals surface area (Å²) < 4.78 is 0.528. The zero-order chi connectivity index (χ0) is 15.5. The Morgan fingerprint density at radius 1 is 1.09 bits per heavy atom. The van der Waals surface area contributed by atoms with Crippen molar-refractivity contribution < 1.29 is 4.79 Å². The first-order valence-corrected chi connectivity index (χ1v) is 8.23. The molecular formula is C18H15NOS2. The van der Waals surface area contributed by atoms with Crippen LogP contribution in [0.15, 0.2) is 59.5 Å². The number of allylic oxidation sites excluding steroid dienone is 1. The molecule has 1 heterocycles. The molecule has 0 unspecified atom stereocenters. The van der Waals surface area contributed by atoms with Crippen LogP contribution >= 0.6 is 24.0 Å². The normalized spacial score (nSPS) is 16.6. The van der Waals surface area contributed by atoms with Gasteiger partial charge in [-0.3, -0.25) is 4.79 Å². The zero-order valence-corrected chi connectivity index (χ0v) is 13.8. The largest absolute Gasteiger partial charge is 0.307 e. The lowest BCUT2D eigenvalue weighted by molar-refractivity contribution is -0.115. The third kappa shape index (κ3) is 3.29. The first-order valence-electron chi connectivity index (χ1n) is 7.01. The molecule has 1 amide bonds. The second kappa shape index (κ2) is 6.46. The number of hydrogen-bond donors (Lipinski definition) is 1. The Labute approximate surface area is 139 Å². The number of rotatable bonds is 3. The van der Waals surface area contributed by atoms with Gasteiger partial charge in [0.05, 0.1) is 4.91 Å². The predicted octanol–water partition coefficient (Wildman–Crippen LogP) is 4.16. The molecule has 0 bridgehead atoms. The fourth-order valence-electron chi connectivity index (χ4n) is 2.44. The minimum absolute atomic E-state index is 0.0963. The van der Waals surface area contributed by atoms with Crippen molar-refractivity contribution in [1.82, 2.24) is 5.32 Å². The first-order chi connectivity index (χ1) is 10.6. The van der Waals surface area contributed by atoms with Crippen molar-refractivity contribution in [3.05, 3.63) is 76.2 Å². The second-order valence-corrected chi connectivity index (χ2v) is 6.85. The minimum Gasteiger partial charge on any atom is -0.307 e. The van der Waals surface area contributed by atoms with Crippen molar-refractivity contribution in [3.63, 3.8) is 0 Å². The molecule has 0 radical (unpaired) electrons. The van der Waals surface area contributed by atoms with Gasteiger partial charge in [-0.05, 0) is 35.6 Å². The van der Waals surface area contributed by atoms with E-state index in [4.69, 9.17) is 12.2 Å². The zero-order valence-electron chi connectivity index (χ0n) is 12.1. The molecule has 0 atom stereocenters. The van der Waals surface area contributed by atoms with E-state index < -0.39 is 0 Å². The molecule has 1 N–H and O–H groups in total. The molecule has 0 aliphatic carbocycles. The summed E-state index contributed by atoms with van der Waals surface area (Å²) in [6.45, 7) is 1.97. The molecule has 2 nitrogen and oxygen atoms in total. The molecule has 2 aromatic carbocycles. The molecule has 1 saturated heterocycles. The molecule has 0 spiro atoms. The number of carbonyl (C=O) groups is 1. The molecule has 1 fully saturated rings. The maximum Gasteiger partial charge on any atom is 0.263 e. The standard InChI is InChI=1S/C18H15NOS2/c1-12(16-17(20)19-18(21)22-16)15-9-5-8-14(11-15)10-13-6-3-2-4-7-13/h2-9,11H,10H2,1H3,(H,19,20,21). The summed E-state index contributed by atoms with van der Waals surface area (Å²) in [6, 6.07) is 18.7.